The number of carbonyl (C=O) groups excluding carboxylic acids is 2. The molecule has 1 aromatic carbocycles. The first-order valence-corrected chi connectivity index (χ1v) is 8.26. The van der Waals surface area contributed by atoms with Crippen LogP contribution in [0.4, 0.5) is 4.79 Å². The predicted octanol–water partition coefficient (Wildman–Crippen LogP) is 2.96. The molecule has 6 nitrogen and oxygen atoms in total. The quantitative estimate of drug-likeness (QED) is 0.787. The van der Waals surface area contributed by atoms with Crippen LogP contribution in [0.2, 0.25) is 0 Å². The number of nitrogens with zero attached hydrogens (tertiary/aromatic N) is 2. The van der Waals surface area contributed by atoms with Crippen LogP contribution in [-0.4, -0.2) is 48.1 Å². The maximum atomic E-state index is 12.2. The molecule has 0 aromatic heterocycles. The number of amides is 2. The molecule has 0 N–H and O–H groups in total. The number of rotatable bonds is 4. The Morgan fingerprint density at radius 1 is 1.24 bits per heavy atom. The van der Waals surface area contributed by atoms with E-state index in [1.165, 1.54) is 11.0 Å². The second-order valence-electron chi connectivity index (χ2n) is 7.18. The highest BCUT2D eigenvalue weighted by Crippen LogP contribution is 2.31. The predicted molar refractivity (Wildman–Crippen MR) is 95.3 cm³/mol. The fourth-order valence-electron chi connectivity index (χ4n) is 2.42. The summed E-state index contributed by atoms with van der Waals surface area (Å²) in [6.45, 7) is 6.82. The fraction of sp³-hybridized carbons (Fsp3) is 0.474. The SMILES string of the molecule is CN(C)C(=O)/C=C/COc1cccc2c1CN(C(=O)OC(C)(C)C)C2. The first-order chi connectivity index (χ1) is 11.7. The van der Waals surface area contributed by atoms with E-state index in [1.54, 1.807) is 25.1 Å². The van der Waals surface area contributed by atoms with Crippen molar-refractivity contribution in [3.05, 3.63) is 41.5 Å². The average Bonchev–Trinajstić information content (AvgIpc) is 2.94. The van der Waals surface area contributed by atoms with Crippen molar-refractivity contribution in [2.75, 3.05) is 20.7 Å². The Bertz CT molecular complexity index is 674. The third-order valence-corrected chi connectivity index (χ3v) is 3.63. The molecule has 0 fully saturated rings. The minimum atomic E-state index is -0.519. The lowest BCUT2D eigenvalue weighted by molar-refractivity contribution is -0.123. The molecule has 25 heavy (non-hydrogen) atoms. The summed E-state index contributed by atoms with van der Waals surface area (Å²) in [5, 5.41) is 0. The Morgan fingerprint density at radius 3 is 2.60 bits per heavy atom. The van der Waals surface area contributed by atoms with Gasteiger partial charge in [0.2, 0.25) is 5.91 Å². The Labute approximate surface area is 149 Å². The standard InChI is InChI=1S/C19H26N2O4/c1-19(2,3)25-18(23)21-12-14-8-6-9-16(15(14)13-21)24-11-7-10-17(22)20(4)5/h6-10H,11-13H2,1-5H3/b10-7+. The van der Waals surface area contributed by atoms with Crippen molar-refractivity contribution in [3.8, 4) is 5.75 Å². The number of likely N-dealkylation sites (N-methyl/N-ethyl adjacent to an activating group) is 1. The number of benzene rings is 1. The summed E-state index contributed by atoms with van der Waals surface area (Å²) in [4.78, 5) is 26.9. The van der Waals surface area contributed by atoms with Gasteiger partial charge in [0.25, 0.3) is 0 Å². The summed E-state index contributed by atoms with van der Waals surface area (Å²) in [5.41, 5.74) is 1.52. The second kappa shape index (κ2) is 7.59. The zero-order valence-electron chi connectivity index (χ0n) is 15.5. The largest absolute Gasteiger partial charge is 0.489 e. The minimum absolute atomic E-state index is 0.0852. The zero-order valence-corrected chi connectivity index (χ0v) is 15.5. The van der Waals surface area contributed by atoms with Gasteiger partial charge in [0.15, 0.2) is 0 Å². The fourth-order valence-corrected chi connectivity index (χ4v) is 2.42. The highest BCUT2D eigenvalue weighted by molar-refractivity contribution is 5.87. The van der Waals surface area contributed by atoms with Crippen molar-refractivity contribution >= 4 is 12.0 Å². The van der Waals surface area contributed by atoms with Gasteiger partial charge in [-0.3, -0.25) is 9.69 Å². The first kappa shape index (κ1) is 18.8. The molecule has 1 aromatic rings. The van der Waals surface area contributed by atoms with Gasteiger partial charge in [0, 0.05) is 32.3 Å². The lowest BCUT2D eigenvalue weighted by atomic mass is 10.1. The van der Waals surface area contributed by atoms with E-state index < -0.39 is 5.60 Å². The minimum Gasteiger partial charge on any atom is -0.489 e. The third-order valence-electron chi connectivity index (χ3n) is 3.63. The molecule has 0 bridgehead atoms. The molecule has 0 unspecified atom stereocenters. The molecule has 2 amide bonds. The highest BCUT2D eigenvalue weighted by atomic mass is 16.6. The molecule has 0 aliphatic carbocycles. The van der Waals surface area contributed by atoms with Crippen molar-refractivity contribution in [2.24, 2.45) is 0 Å². The molecule has 0 atom stereocenters. The molecule has 1 heterocycles. The molecule has 2 rings (SSSR count). The Kier molecular flexibility index (Phi) is 5.72. The van der Waals surface area contributed by atoms with E-state index in [1.807, 2.05) is 39.0 Å². The van der Waals surface area contributed by atoms with Crippen LogP contribution in [0.1, 0.15) is 31.9 Å². The maximum Gasteiger partial charge on any atom is 0.410 e. The van der Waals surface area contributed by atoms with Gasteiger partial charge in [-0.1, -0.05) is 12.1 Å². The van der Waals surface area contributed by atoms with Gasteiger partial charge >= 0.3 is 6.09 Å². The third kappa shape index (κ3) is 5.24. The molecule has 0 spiro atoms. The van der Waals surface area contributed by atoms with Crippen LogP contribution >= 0.6 is 0 Å². The Morgan fingerprint density at radius 2 is 1.96 bits per heavy atom. The second-order valence-corrected chi connectivity index (χ2v) is 7.18. The monoisotopic (exact) mass is 346 g/mol. The zero-order chi connectivity index (χ0) is 18.6. The van der Waals surface area contributed by atoms with Crippen molar-refractivity contribution in [2.45, 2.75) is 39.5 Å². The number of ether oxygens (including phenoxy) is 2. The van der Waals surface area contributed by atoms with Gasteiger partial charge in [-0.15, -0.1) is 0 Å². The van der Waals surface area contributed by atoms with Crippen LogP contribution in [0.5, 0.6) is 5.75 Å². The Hall–Kier alpha value is -2.50. The molecule has 1 aliphatic rings. The topological polar surface area (TPSA) is 59.1 Å². The maximum absolute atomic E-state index is 12.2. The summed E-state index contributed by atoms with van der Waals surface area (Å²) >= 11 is 0. The molecule has 0 saturated heterocycles. The summed E-state index contributed by atoms with van der Waals surface area (Å²) in [6.07, 6.45) is 2.84. The van der Waals surface area contributed by atoms with Crippen molar-refractivity contribution < 1.29 is 19.1 Å². The van der Waals surface area contributed by atoms with Crippen LogP contribution in [0.25, 0.3) is 0 Å². The molecule has 0 radical (unpaired) electrons. The van der Waals surface area contributed by atoms with E-state index in [0.29, 0.717) is 19.7 Å². The van der Waals surface area contributed by atoms with Gasteiger partial charge in [-0.2, -0.15) is 0 Å². The molecule has 0 saturated carbocycles. The van der Waals surface area contributed by atoms with Crippen LogP contribution in [0, 0.1) is 0 Å². The number of hydrogen-bond donors (Lipinski definition) is 0. The summed E-state index contributed by atoms with van der Waals surface area (Å²) in [7, 11) is 3.39. The van der Waals surface area contributed by atoms with Gasteiger partial charge in [0.05, 0.1) is 6.54 Å². The van der Waals surface area contributed by atoms with Crippen molar-refractivity contribution in [3.63, 3.8) is 0 Å². The first-order valence-electron chi connectivity index (χ1n) is 8.26. The number of carbonyl (C=O) groups is 2. The van der Waals surface area contributed by atoms with Crippen molar-refractivity contribution in [1.29, 1.82) is 0 Å². The summed E-state index contributed by atoms with van der Waals surface area (Å²) in [6, 6.07) is 5.76. The van der Waals surface area contributed by atoms with E-state index in [4.69, 9.17) is 9.47 Å². The van der Waals surface area contributed by atoms with Crippen molar-refractivity contribution in [1.82, 2.24) is 9.80 Å². The molecule has 136 valence electrons. The molecular formula is C19H26N2O4. The number of fused-ring (bicyclic) bond motifs is 1. The highest BCUT2D eigenvalue weighted by Gasteiger charge is 2.29. The molecule has 6 heteroatoms. The Balaban J connectivity index is 1.99. The van der Waals surface area contributed by atoms with Crippen LogP contribution in [0.3, 0.4) is 0 Å². The van der Waals surface area contributed by atoms with Gasteiger partial charge in [-0.25, -0.2) is 4.79 Å². The van der Waals surface area contributed by atoms with Gasteiger partial charge < -0.3 is 14.4 Å². The molecule has 1 aliphatic heterocycles. The van der Waals surface area contributed by atoms with E-state index in [-0.39, 0.29) is 12.0 Å². The van der Waals surface area contributed by atoms with Gasteiger partial charge in [0.1, 0.15) is 18.0 Å². The lowest BCUT2D eigenvalue weighted by Gasteiger charge is -2.24. The molecular weight excluding hydrogens is 320 g/mol. The summed E-state index contributed by atoms with van der Waals surface area (Å²) in [5.74, 6) is 0.642. The normalized spacial score (nSPS) is 13.7. The van der Waals surface area contributed by atoms with Crippen LogP contribution in [-0.2, 0) is 22.6 Å². The van der Waals surface area contributed by atoms with Crippen LogP contribution < -0.4 is 4.74 Å². The smallest absolute Gasteiger partial charge is 0.410 e. The van der Waals surface area contributed by atoms with E-state index >= 15 is 0 Å². The van der Waals surface area contributed by atoms with E-state index in [2.05, 4.69) is 0 Å². The van der Waals surface area contributed by atoms with E-state index in [0.717, 1.165) is 16.9 Å². The number of hydrogen-bond acceptors (Lipinski definition) is 4. The average molecular weight is 346 g/mol. The lowest BCUT2D eigenvalue weighted by Crippen LogP contribution is -2.33. The summed E-state index contributed by atoms with van der Waals surface area (Å²) < 4.78 is 11.2. The van der Waals surface area contributed by atoms with Gasteiger partial charge in [-0.05, 0) is 38.5 Å². The van der Waals surface area contributed by atoms with Crippen LogP contribution in [0.15, 0.2) is 30.4 Å². The van der Waals surface area contributed by atoms with E-state index in [9.17, 15) is 9.59 Å².